The fraction of sp³-hybridized carbons (Fsp3) is 0.500. The predicted octanol–water partition coefficient (Wildman–Crippen LogP) is -1.50. The summed E-state index contributed by atoms with van der Waals surface area (Å²) in [6.45, 7) is 0. The first-order chi connectivity index (χ1) is 6.86. The van der Waals surface area contributed by atoms with Gasteiger partial charge in [-0.25, -0.2) is 5.43 Å². The van der Waals surface area contributed by atoms with Crippen LogP contribution in [-0.2, 0) is 0 Å². The lowest BCUT2D eigenvalue weighted by molar-refractivity contribution is 0.558. The number of tetrazole rings is 1. The van der Waals surface area contributed by atoms with Crippen LogP contribution in [0, 0.1) is 0 Å². The highest BCUT2D eigenvalue weighted by molar-refractivity contribution is 5.79. The minimum Gasteiger partial charge on any atom is -0.275 e. The summed E-state index contributed by atoms with van der Waals surface area (Å²) in [5.41, 5.74) is 7.84. The summed E-state index contributed by atoms with van der Waals surface area (Å²) in [7, 11) is 3.26. The Morgan fingerprint density at radius 2 is 2.36 bits per heavy atom. The Kier molecular flexibility index (Phi) is 4.10. The van der Waals surface area contributed by atoms with Crippen LogP contribution >= 0.6 is 0 Å². The number of rotatable bonds is 3. The van der Waals surface area contributed by atoms with Gasteiger partial charge >= 0.3 is 5.95 Å². The van der Waals surface area contributed by atoms with Crippen LogP contribution in [0.4, 0.5) is 5.95 Å². The van der Waals surface area contributed by atoms with Gasteiger partial charge in [-0.1, -0.05) is 5.10 Å². The molecule has 0 amide bonds. The third-order valence-corrected chi connectivity index (χ3v) is 1.08. The second kappa shape index (κ2) is 5.66. The van der Waals surface area contributed by atoms with Gasteiger partial charge in [0.1, 0.15) is 0 Å². The summed E-state index contributed by atoms with van der Waals surface area (Å²) in [4.78, 5) is 3.78. The molecule has 1 heterocycles. The van der Waals surface area contributed by atoms with Crippen molar-refractivity contribution in [2.24, 2.45) is 15.2 Å². The van der Waals surface area contributed by atoms with E-state index < -0.39 is 0 Å². The maximum Gasteiger partial charge on any atom is 0.307 e. The van der Waals surface area contributed by atoms with E-state index in [2.05, 4.69) is 52.2 Å². The van der Waals surface area contributed by atoms with Gasteiger partial charge in [0.2, 0.25) is 0 Å². The van der Waals surface area contributed by atoms with Crippen LogP contribution in [0.3, 0.4) is 0 Å². The second-order valence-corrected chi connectivity index (χ2v) is 1.96. The number of hydrogen-bond acceptors (Lipinski definition) is 7. The number of H-pyrrole nitrogens is 1. The van der Waals surface area contributed by atoms with Gasteiger partial charge in [-0.05, 0) is 5.21 Å². The average molecular weight is 198 g/mol. The van der Waals surface area contributed by atoms with E-state index in [4.69, 9.17) is 0 Å². The van der Waals surface area contributed by atoms with Crippen molar-refractivity contribution in [1.82, 2.24) is 37.0 Å². The molecule has 0 aliphatic heterocycles. The summed E-state index contributed by atoms with van der Waals surface area (Å²) in [5.74, 6) is 0.418. The molecular weight excluding hydrogens is 188 g/mol. The molecule has 0 aromatic carbocycles. The van der Waals surface area contributed by atoms with Gasteiger partial charge in [-0.2, -0.15) is 10.7 Å². The number of aromatic nitrogens is 4. The Morgan fingerprint density at radius 3 is 2.93 bits per heavy atom. The molecule has 1 aromatic rings. The topological polar surface area (TPSA) is 128 Å². The summed E-state index contributed by atoms with van der Waals surface area (Å²) in [6, 6.07) is 0. The smallest absolute Gasteiger partial charge is 0.275 e. The molecule has 76 valence electrons. The Morgan fingerprint density at radius 1 is 1.50 bits per heavy atom. The lowest BCUT2D eigenvalue weighted by atomic mass is 11.0. The maximum absolute atomic E-state index is 3.78. The van der Waals surface area contributed by atoms with Crippen LogP contribution in [0.25, 0.3) is 0 Å². The van der Waals surface area contributed by atoms with Gasteiger partial charge in [0.15, 0.2) is 0 Å². The normalized spacial score (nSPS) is 12.3. The predicted molar refractivity (Wildman–Crippen MR) is 47.4 cm³/mol. The Hall–Kier alpha value is -1.94. The second-order valence-electron chi connectivity index (χ2n) is 1.96. The quantitative estimate of drug-likeness (QED) is 0.202. The highest BCUT2D eigenvalue weighted by Gasteiger charge is 1.95. The van der Waals surface area contributed by atoms with E-state index in [0.717, 1.165) is 0 Å². The largest absolute Gasteiger partial charge is 0.307 e. The van der Waals surface area contributed by atoms with Gasteiger partial charge in [0.25, 0.3) is 5.96 Å². The molecule has 0 unspecified atom stereocenters. The van der Waals surface area contributed by atoms with Gasteiger partial charge < -0.3 is 0 Å². The highest BCUT2D eigenvalue weighted by atomic mass is 15.6. The molecule has 0 aliphatic carbocycles. The molecule has 10 nitrogen and oxygen atoms in total. The molecule has 4 N–H and O–H groups in total. The molecule has 0 saturated carbocycles. The summed E-state index contributed by atoms with van der Waals surface area (Å²) >= 11 is 0. The number of aromatic amines is 1. The number of nitrogens with zero attached hydrogens (tertiary/aromatic N) is 6. The van der Waals surface area contributed by atoms with Gasteiger partial charge in [0.05, 0.1) is 0 Å². The molecule has 0 atom stereocenters. The molecule has 14 heavy (non-hydrogen) atoms. The molecule has 0 bridgehead atoms. The summed E-state index contributed by atoms with van der Waals surface area (Å²) < 4.78 is 0. The van der Waals surface area contributed by atoms with Crippen molar-refractivity contribution >= 4 is 11.9 Å². The molecule has 0 radical (unpaired) electrons. The third kappa shape index (κ3) is 3.20. The molecular formula is C4H10N10. The lowest BCUT2D eigenvalue weighted by Gasteiger charge is -2.02. The van der Waals surface area contributed by atoms with Crippen molar-refractivity contribution in [2.75, 3.05) is 14.1 Å². The molecule has 0 fully saturated rings. The third-order valence-electron chi connectivity index (χ3n) is 1.08. The van der Waals surface area contributed by atoms with E-state index in [1.54, 1.807) is 14.1 Å². The number of azo groups is 1. The molecule has 0 aliphatic rings. The first-order valence-corrected chi connectivity index (χ1v) is 3.66. The number of guanidine groups is 1. The van der Waals surface area contributed by atoms with Crippen molar-refractivity contribution in [3.8, 4) is 0 Å². The number of nitrogens with one attached hydrogen (secondary N) is 4. The zero-order valence-electron chi connectivity index (χ0n) is 7.68. The fourth-order valence-corrected chi connectivity index (χ4v) is 0.535. The number of hydrogen-bond donors (Lipinski definition) is 4. The first kappa shape index (κ1) is 10.1. The Balaban J connectivity index is 2.48. The Bertz CT molecular complexity index is 298. The van der Waals surface area contributed by atoms with E-state index in [0.29, 0.717) is 0 Å². The van der Waals surface area contributed by atoms with E-state index in [-0.39, 0.29) is 11.9 Å². The van der Waals surface area contributed by atoms with Crippen molar-refractivity contribution < 1.29 is 0 Å². The van der Waals surface area contributed by atoms with Crippen molar-refractivity contribution in [2.45, 2.75) is 0 Å². The lowest BCUT2D eigenvalue weighted by Crippen LogP contribution is -2.43. The summed E-state index contributed by atoms with van der Waals surface area (Å²) in [6.07, 6.45) is 0. The number of hydrazine groups is 2. The minimum atomic E-state index is 0.136. The van der Waals surface area contributed by atoms with Crippen molar-refractivity contribution in [3.63, 3.8) is 0 Å². The van der Waals surface area contributed by atoms with Crippen molar-refractivity contribution in [1.29, 1.82) is 0 Å². The molecule has 0 spiro atoms. The fourth-order valence-electron chi connectivity index (χ4n) is 0.535. The van der Waals surface area contributed by atoms with Gasteiger partial charge in [0, 0.05) is 14.1 Å². The van der Waals surface area contributed by atoms with Crippen LogP contribution in [0.5, 0.6) is 0 Å². The number of aliphatic imine (C=N–C) groups is 1. The van der Waals surface area contributed by atoms with Crippen LogP contribution in [0.2, 0.25) is 0 Å². The van der Waals surface area contributed by atoms with Crippen LogP contribution in [0.1, 0.15) is 0 Å². The standard InChI is InChI=1S/C4H10N10/c1-5-3(9-12-6-2)7-8-4-10-13-14-11-4/h6,12H,1-2H3,(H,5,9)(H,10,11,13,14). The SMILES string of the molecule is CN=C(N=Nc1nn[nH]n1)NNNC. The van der Waals surface area contributed by atoms with Gasteiger partial charge in [-0.15, -0.1) is 15.3 Å². The zero-order valence-corrected chi connectivity index (χ0v) is 7.68. The average Bonchev–Trinajstić information content (AvgIpc) is 2.71. The van der Waals surface area contributed by atoms with E-state index in [1.165, 1.54) is 0 Å². The monoisotopic (exact) mass is 198 g/mol. The molecule has 1 rings (SSSR count). The zero-order chi connectivity index (χ0) is 10.2. The van der Waals surface area contributed by atoms with Crippen LogP contribution in [-0.4, -0.2) is 40.7 Å². The minimum absolute atomic E-state index is 0.136. The van der Waals surface area contributed by atoms with E-state index >= 15 is 0 Å². The van der Waals surface area contributed by atoms with Gasteiger partial charge in [-0.3, -0.25) is 10.4 Å². The highest BCUT2D eigenvalue weighted by Crippen LogP contribution is 1.96. The molecule has 0 saturated heterocycles. The molecule has 1 aromatic heterocycles. The van der Waals surface area contributed by atoms with E-state index in [1.807, 2.05) is 0 Å². The Labute approximate surface area is 79.2 Å². The van der Waals surface area contributed by atoms with E-state index in [9.17, 15) is 0 Å². The van der Waals surface area contributed by atoms with Crippen molar-refractivity contribution in [3.05, 3.63) is 0 Å². The first-order valence-electron chi connectivity index (χ1n) is 3.66. The molecule has 10 heteroatoms. The van der Waals surface area contributed by atoms with Crippen LogP contribution < -0.4 is 16.4 Å². The maximum atomic E-state index is 3.78. The summed E-state index contributed by atoms with van der Waals surface area (Å²) in [5, 5.41) is 20.0. The van der Waals surface area contributed by atoms with Crippen LogP contribution in [0.15, 0.2) is 15.2 Å².